The highest BCUT2D eigenvalue weighted by atomic mass is 35.5. The van der Waals surface area contributed by atoms with Crippen molar-refractivity contribution in [2.75, 3.05) is 18.0 Å². The molecule has 0 radical (unpaired) electrons. The molecule has 1 aliphatic heterocycles. The number of alkyl halides is 1. The number of nitrogens with zero attached hydrogens (tertiary/aromatic N) is 4. The van der Waals surface area contributed by atoms with Crippen molar-refractivity contribution in [1.82, 2.24) is 9.55 Å². The quantitative estimate of drug-likeness (QED) is 0.691. The molecule has 7 heteroatoms. The number of hydrogen-bond donors (Lipinski definition) is 1. The maximum atomic E-state index is 13.8. The Balaban J connectivity index is 1.76. The lowest BCUT2D eigenvalue weighted by molar-refractivity contribution is 0.243. The molecule has 0 aliphatic carbocycles. The van der Waals surface area contributed by atoms with E-state index in [1.807, 2.05) is 35.2 Å². The Morgan fingerprint density at radius 1 is 1.26 bits per heavy atom. The molecule has 2 N–H and O–H groups in total. The molecule has 1 fully saturated rings. The average molecular weight is 384 g/mol. The molecule has 4 rings (SSSR count). The summed E-state index contributed by atoms with van der Waals surface area (Å²) in [5.74, 6) is 0.767. The fourth-order valence-corrected chi connectivity index (χ4v) is 3.64. The zero-order valence-electron chi connectivity index (χ0n) is 14.6. The van der Waals surface area contributed by atoms with Crippen molar-refractivity contribution in [3.8, 4) is 0 Å². The third kappa shape index (κ3) is 3.48. The number of nitrogens with two attached hydrogens (primary N) is 1. The van der Waals surface area contributed by atoms with Crippen LogP contribution in [0.1, 0.15) is 12.0 Å². The molecule has 0 unspecified atom stereocenters. The molecule has 0 saturated carbocycles. The van der Waals surface area contributed by atoms with E-state index >= 15 is 0 Å². The van der Waals surface area contributed by atoms with Crippen LogP contribution in [0.2, 0.25) is 5.02 Å². The molecule has 138 valence electrons. The lowest BCUT2D eigenvalue weighted by Crippen LogP contribution is -2.50. The van der Waals surface area contributed by atoms with E-state index in [0.717, 1.165) is 22.5 Å². The highest BCUT2D eigenvalue weighted by Crippen LogP contribution is 2.29. The van der Waals surface area contributed by atoms with E-state index in [1.165, 1.54) is 0 Å². The summed E-state index contributed by atoms with van der Waals surface area (Å²) in [6.07, 6.45) is -0.583. The molecule has 0 spiro atoms. The minimum atomic E-state index is -0.977. The van der Waals surface area contributed by atoms with E-state index in [0.29, 0.717) is 36.8 Å². The van der Waals surface area contributed by atoms with Gasteiger partial charge in [0.15, 0.2) is 5.69 Å². The van der Waals surface area contributed by atoms with Crippen molar-refractivity contribution < 1.29 is 4.39 Å². The topological polar surface area (TPSA) is 51.4 Å². The van der Waals surface area contributed by atoms with Crippen molar-refractivity contribution in [2.24, 2.45) is 5.73 Å². The largest absolute Gasteiger partial charge is 0.340 e. The SMILES string of the molecule is [C-]#[N+]c1ccc(Cn2c(N3CC[C@H](F)[C@H](N)C3)nc3ccc(Cl)cc32)cc1. The second-order valence-corrected chi connectivity index (χ2v) is 7.26. The molecule has 5 nitrogen and oxygen atoms in total. The maximum absolute atomic E-state index is 13.8. The van der Waals surface area contributed by atoms with E-state index in [4.69, 9.17) is 28.9 Å². The van der Waals surface area contributed by atoms with Gasteiger partial charge in [0.2, 0.25) is 5.95 Å². The Morgan fingerprint density at radius 2 is 2.04 bits per heavy atom. The third-order valence-electron chi connectivity index (χ3n) is 4.95. The maximum Gasteiger partial charge on any atom is 0.206 e. The Bertz CT molecular complexity index is 1010. The molecule has 1 aliphatic rings. The zero-order chi connectivity index (χ0) is 19.0. The molecule has 2 aromatic carbocycles. The highest BCUT2D eigenvalue weighted by molar-refractivity contribution is 6.31. The van der Waals surface area contributed by atoms with Crippen molar-refractivity contribution in [1.29, 1.82) is 0 Å². The first-order valence-corrected chi connectivity index (χ1v) is 9.20. The van der Waals surface area contributed by atoms with E-state index in [-0.39, 0.29) is 0 Å². The Hall–Kier alpha value is -2.62. The number of fused-ring (bicyclic) bond motifs is 1. The number of piperidine rings is 1. The molecule has 0 bridgehead atoms. The summed E-state index contributed by atoms with van der Waals surface area (Å²) in [5, 5.41) is 0.637. The first-order valence-electron chi connectivity index (χ1n) is 8.82. The predicted molar refractivity (Wildman–Crippen MR) is 106 cm³/mol. The minimum Gasteiger partial charge on any atom is -0.340 e. The molecule has 0 amide bonds. The summed E-state index contributed by atoms with van der Waals surface area (Å²) >= 11 is 6.21. The van der Waals surface area contributed by atoms with Gasteiger partial charge in [0, 0.05) is 18.1 Å². The van der Waals surface area contributed by atoms with Crippen LogP contribution in [0.15, 0.2) is 42.5 Å². The Morgan fingerprint density at radius 3 is 2.74 bits per heavy atom. The van der Waals surface area contributed by atoms with Gasteiger partial charge in [0.05, 0.1) is 30.2 Å². The number of rotatable bonds is 3. The van der Waals surface area contributed by atoms with E-state index < -0.39 is 12.2 Å². The number of benzene rings is 2. The first-order chi connectivity index (χ1) is 13.0. The lowest BCUT2D eigenvalue weighted by Gasteiger charge is -2.34. The predicted octanol–water partition coefficient (Wildman–Crippen LogP) is 4.16. The van der Waals surface area contributed by atoms with Crippen LogP contribution >= 0.6 is 11.6 Å². The molecule has 3 aromatic rings. The number of hydrogen-bond acceptors (Lipinski definition) is 3. The molecule has 1 saturated heterocycles. The van der Waals surface area contributed by atoms with Crippen molar-refractivity contribution in [2.45, 2.75) is 25.2 Å². The zero-order valence-corrected chi connectivity index (χ0v) is 15.4. The van der Waals surface area contributed by atoms with E-state index in [2.05, 4.69) is 9.41 Å². The highest BCUT2D eigenvalue weighted by Gasteiger charge is 2.29. The van der Waals surface area contributed by atoms with Gasteiger partial charge in [-0.1, -0.05) is 35.9 Å². The van der Waals surface area contributed by atoms with Crippen LogP contribution in [-0.2, 0) is 6.54 Å². The smallest absolute Gasteiger partial charge is 0.206 e. The summed E-state index contributed by atoms with van der Waals surface area (Å²) in [5.41, 5.74) is 9.37. The number of halogens is 2. The second kappa shape index (κ2) is 7.18. The van der Waals surface area contributed by atoms with Gasteiger partial charge in [-0.2, -0.15) is 0 Å². The standard InChI is InChI=1S/C20H19ClFN5/c1-24-15-5-2-13(3-6-15)11-27-19-10-14(21)4-7-18(19)25-20(27)26-9-8-16(22)17(23)12-26/h2-7,10,16-17H,8-9,11-12,23H2/t16-,17+/m0/s1. The molecular weight excluding hydrogens is 365 g/mol. The summed E-state index contributed by atoms with van der Waals surface area (Å²) in [7, 11) is 0. The molecule has 2 atom stereocenters. The van der Waals surface area contributed by atoms with Crippen LogP contribution in [0.4, 0.5) is 16.0 Å². The number of anilines is 1. The van der Waals surface area contributed by atoms with Crippen LogP contribution < -0.4 is 10.6 Å². The van der Waals surface area contributed by atoms with Gasteiger partial charge in [-0.25, -0.2) is 14.2 Å². The summed E-state index contributed by atoms with van der Waals surface area (Å²) in [6.45, 7) is 8.67. The lowest BCUT2D eigenvalue weighted by atomic mass is 10.1. The Labute approximate surface area is 162 Å². The van der Waals surface area contributed by atoms with Gasteiger partial charge >= 0.3 is 0 Å². The number of aromatic nitrogens is 2. The van der Waals surface area contributed by atoms with Crippen molar-refractivity contribution >= 4 is 34.3 Å². The molecule has 2 heterocycles. The monoisotopic (exact) mass is 383 g/mol. The van der Waals surface area contributed by atoms with Gasteiger partial charge in [0.1, 0.15) is 6.17 Å². The third-order valence-corrected chi connectivity index (χ3v) is 5.18. The second-order valence-electron chi connectivity index (χ2n) is 6.82. The first kappa shape index (κ1) is 17.8. The molecular formula is C20H19ClFN5. The van der Waals surface area contributed by atoms with Crippen molar-refractivity contribution in [3.05, 3.63) is 64.5 Å². The fourth-order valence-electron chi connectivity index (χ4n) is 3.47. The van der Waals surface area contributed by atoms with Crippen LogP contribution in [-0.4, -0.2) is 34.9 Å². The molecule has 27 heavy (non-hydrogen) atoms. The van der Waals surface area contributed by atoms with E-state index in [1.54, 1.807) is 12.1 Å². The normalized spacial score (nSPS) is 20.0. The van der Waals surface area contributed by atoms with Crippen LogP contribution in [0.25, 0.3) is 15.9 Å². The van der Waals surface area contributed by atoms with Crippen LogP contribution in [0, 0.1) is 6.57 Å². The van der Waals surface area contributed by atoms with E-state index in [9.17, 15) is 4.39 Å². The van der Waals surface area contributed by atoms with Gasteiger partial charge < -0.3 is 15.2 Å². The van der Waals surface area contributed by atoms with Crippen LogP contribution in [0.3, 0.4) is 0 Å². The Kier molecular flexibility index (Phi) is 4.73. The van der Waals surface area contributed by atoms with Gasteiger partial charge in [-0.05, 0) is 30.2 Å². The van der Waals surface area contributed by atoms with Crippen LogP contribution in [0.5, 0.6) is 0 Å². The van der Waals surface area contributed by atoms with Gasteiger partial charge in [0.25, 0.3) is 0 Å². The summed E-state index contributed by atoms with van der Waals surface area (Å²) in [6, 6.07) is 12.6. The molecule has 1 aromatic heterocycles. The van der Waals surface area contributed by atoms with Gasteiger partial charge in [-0.15, -0.1) is 0 Å². The summed E-state index contributed by atoms with van der Waals surface area (Å²) < 4.78 is 15.9. The fraction of sp³-hybridized carbons (Fsp3) is 0.300. The number of imidazole rings is 1. The summed E-state index contributed by atoms with van der Waals surface area (Å²) in [4.78, 5) is 10.2. The van der Waals surface area contributed by atoms with Gasteiger partial charge in [-0.3, -0.25) is 0 Å². The average Bonchev–Trinajstić information content (AvgIpc) is 3.02. The van der Waals surface area contributed by atoms with Crippen molar-refractivity contribution in [3.63, 3.8) is 0 Å². The minimum absolute atomic E-state index is 0.394.